The van der Waals surface area contributed by atoms with Crippen molar-refractivity contribution in [2.45, 2.75) is 45.6 Å². The summed E-state index contributed by atoms with van der Waals surface area (Å²) in [6, 6.07) is 7.18. The molecule has 2 unspecified atom stereocenters. The zero-order valence-corrected chi connectivity index (χ0v) is 12.0. The molecule has 0 radical (unpaired) electrons. The van der Waals surface area contributed by atoms with Gasteiger partial charge >= 0.3 is 0 Å². The summed E-state index contributed by atoms with van der Waals surface area (Å²) in [6.07, 6.45) is 3.80. The fourth-order valence-electron chi connectivity index (χ4n) is 2.37. The van der Waals surface area contributed by atoms with E-state index in [-0.39, 0.29) is 18.5 Å². The van der Waals surface area contributed by atoms with Gasteiger partial charge in [0, 0.05) is 12.6 Å². The van der Waals surface area contributed by atoms with E-state index in [1.807, 2.05) is 12.1 Å². The van der Waals surface area contributed by atoms with Crippen molar-refractivity contribution >= 4 is 0 Å². The first-order valence-electron chi connectivity index (χ1n) is 7.25. The minimum atomic E-state index is -0.128. The van der Waals surface area contributed by atoms with E-state index >= 15 is 0 Å². The number of nitrogens with one attached hydrogen (secondary N) is 1. The van der Waals surface area contributed by atoms with E-state index in [0.29, 0.717) is 12.3 Å². The van der Waals surface area contributed by atoms with Crippen molar-refractivity contribution in [2.24, 2.45) is 5.92 Å². The van der Waals surface area contributed by atoms with Crippen LogP contribution in [0.2, 0.25) is 0 Å². The number of aliphatic hydroxyl groups is 1. The van der Waals surface area contributed by atoms with Gasteiger partial charge in [0.15, 0.2) is 0 Å². The van der Waals surface area contributed by atoms with Crippen LogP contribution < -0.4 is 5.32 Å². The second kappa shape index (κ2) is 9.05. The molecule has 0 spiro atoms. The summed E-state index contributed by atoms with van der Waals surface area (Å²) in [4.78, 5) is 0. The van der Waals surface area contributed by atoms with Gasteiger partial charge in [-0.05, 0) is 50.3 Å². The van der Waals surface area contributed by atoms with Gasteiger partial charge in [0.05, 0.1) is 0 Å². The molecule has 1 rings (SSSR count). The highest BCUT2D eigenvalue weighted by Gasteiger charge is 2.11. The molecule has 1 aromatic rings. The number of hydrogen-bond donors (Lipinski definition) is 2. The van der Waals surface area contributed by atoms with E-state index in [0.717, 1.165) is 31.4 Å². The maximum absolute atomic E-state index is 13.5. The molecule has 0 aliphatic heterocycles. The Balaban J connectivity index is 2.38. The number of halogens is 1. The number of aliphatic hydroxyl groups excluding tert-OH is 1. The van der Waals surface area contributed by atoms with Crippen LogP contribution in [0.3, 0.4) is 0 Å². The third-order valence-corrected chi connectivity index (χ3v) is 3.47. The molecule has 108 valence electrons. The van der Waals surface area contributed by atoms with E-state index in [2.05, 4.69) is 19.2 Å². The summed E-state index contributed by atoms with van der Waals surface area (Å²) >= 11 is 0. The van der Waals surface area contributed by atoms with Crippen LogP contribution in [0.15, 0.2) is 24.3 Å². The van der Waals surface area contributed by atoms with Crippen molar-refractivity contribution in [1.82, 2.24) is 5.32 Å². The van der Waals surface area contributed by atoms with Gasteiger partial charge < -0.3 is 10.4 Å². The summed E-state index contributed by atoms with van der Waals surface area (Å²) in [5.41, 5.74) is 0.761. The molecule has 0 fully saturated rings. The van der Waals surface area contributed by atoms with Crippen LogP contribution in [0.25, 0.3) is 0 Å². The summed E-state index contributed by atoms with van der Waals surface area (Å²) < 4.78 is 13.5. The van der Waals surface area contributed by atoms with Crippen LogP contribution in [0.1, 0.15) is 38.7 Å². The van der Waals surface area contributed by atoms with Crippen molar-refractivity contribution in [3.8, 4) is 0 Å². The Hall–Kier alpha value is -0.930. The number of benzene rings is 1. The summed E-state index contributed by atoms with van der Waals surface area (Å²) in [5.74, 6) is 0.384. The van der Waals surface area contributed by atoms with Crippen LogP contribution in [0.5, 0.6) is 0 Å². The Morgan fingerprint density at radius 3 is 2.63 bits per heavy atom. The highest BCUT2D eigenvalue weighted by Crippen LogP contribution is 2.12. The number of hydrogen-bond acceptors (Lipinski definition) is 2. The van der Waals surface area contributed by atoms with E-state index in [9.17, 15) is 4.39 Å². The fraction of sp³-hybridized carbons (Fsp3) is 0.625. The molecule has 19 heavy (non-hydrogen) atoms. The van der Waals surface area contributed by atoms with E-state index in [1.165, 1.54) is 6.07 Å². The van der Waals surface area contributed by atoms with Crippen LogP contribution >= 0.6 is 0 Å². The Morgan fingerprint density at radius 1 is 1.26 bits per heavy atom. The third kappa shape index (κ3) is 6.17. The molecule has 0 saturated heterocycles. The summed E-state index contributed by atoms with van der Waals surface area (Å²) in [6.45, 7) is 5.37. The zero-order valence-electron chi connectivity index (χ0n) is 12.0. The number of rotatable bonds is 9. The molecule has 0 aromatic heterocycles. The third-order valence-electron chi connectivity index (χ3n) is 3.47. The van der Waals surface area contributed by atoms with Gasteiger partial charge in [0.25, 0.3) is 0 Å². The van der Waals surface area contributed by atoms with Gasteiger partial charge in [-0.1, -0.05) is 31.5 Å². The van der Waals surface area contributed by atoms with E-state index < -0.39 is 0 Å². The lowest BCUT2D eigenvalue weighted by atomic mass is 9.99. The fourth-order valence-corrected chi connectivity index (χ4v) is 2.37. The van der Waals surface area contributed by atoms with Crippen molar-refractivity contribution < 1.29 is 9.50 Å². The van der Waals surface area contributed by atoms with E-state index in [1.54, 1.807) is 6.07 Å². The Labute approximate surface area is 116 Å². The average Bonchev–Trinajstić information content (AvgIpc) is 2.39. The van der Waals surface area contributed by atoms with Crippen molar-refractivity contribution in [2.75, 3.05) is 13.2 Å². The monoisotopic (exact) mass is 267 g/mol. The topological polar surface area (TPSA) is 32.3 Å². The lowest BCUT2D eigenvalue weighted by Crippen LogP contribution is -2.33. The molecule has 0 aliphatic rings. The largest absolute Gasteiger partial charge is 0.396 e. The first-order chi connectivity index (χ1) is 9.17. The van der Waals surface area contributed by atoms with Crippen molar-refractivity contribution in [1.29, 1.82) is 0 Å². The standard InChI is InChI=1S/C16H26FNO/c1-3-6-14(9-10-19)12-18-13(2)11-15-7-4-5-8-16(15)17/h4-5,7-8,13-14,18-19H,3,6,9-12H2,1-2H3. The molecular weight excluding hydrogens is 241 g/mol. The average molecular weight is 267 g/mol. The lowest BCUT2D eigenvalue weighted by Gasteiger charge is -2.20. The highest BCUT2D eigenvalue weighted by atomic mass is 19.1. The van der Waals surface area contributed by atoms with Crippen molar-refractivity contribution in [3.63, 3.8) is 0 Å². The maximum atomic E-state index is 13.5. The molecule has 2 N–H and O–H groups in total. The molecule has 0 bridgehead atoms. The van der Waals surface area contributed by atoms with Gasteiger partial charge in [-0.3, -0.25) is 0 Å². The van der Waals surface area contributed by atoms with Crippen molar-refractivity contribution in [3.05, 3.63) is 35.6 Å². The van der Waals surface area contributed by atoms with Gasteiger partial charge in [-0.15, -0.1) is 0 Å². The van der Waals surface area contributed by atoms with Crippen LogP contribution in [0.4, 0.5) is 4.39 Å². The smallest absolute Gasteiger partial charge is 0.126 e. The second-order valence-electron chi connectivity index (χ2n) is 5.27. The molecule has 1 aromatic carbocycles. The molecule has 2 atom stereocenters. The Morgan fingerprint density at radius 2 is 2.00 bits per heavy atom. The first-order valence-corrected chi connectivity index (χ1v) is 7.25. The Kier molecular flexibility index (Phi) is 7.68. The van der Waals surface area contributed by atoms with E-state index in [4.69, 9.17) is 5.11 Å². The highest BCUT2D eigenvalue weighted by molar-refractivity contribution is 5.18. The van der Waals surface area contributed by atoms with Crippen LogP contribution in [-0.2, 0) is 6.42 Å². The SMILES string of the molecule is CCCC(CCO)CNC(C)Cc1ccccc1F. The van der Waals surface area contributed by atoms with Crippen LogP contribution in [-0.4, -0.2) is 24.3 Å². The van der Waals surface area contributed by atoms with Gasteiger partial charge in [0.1, 0.15) is 5.82 Å². The molecule has 0 heterocycles. The zero-order chi connectivity index (χ0) is 14.1. The minimum Gasteiger partial charge on any atom is -0.396 e. The van der Waals surface area contributed by atoms with Crippen LogP contribution in [0, 0.1) is 11.7 Å². The molecule has 3 heteroatoms. The lowest BCUT2D eigenvalue weighted by molar-refractivity contribution is 0.245. The Bertz CT molecular complexity index is 350. The molecule has 0 amide bonds. The van der Waals surface area contributed by atoms with Gasteiger partial charge in [0.2, 0.25) is 0 Å². The summed E-state index contributed by atoms with van der Waals surface area (Å²) in [7, 11) is 0. The first kappa shape index (κ1) is 16.1. The minimum absolute atomic E-state index is 0.128. The summed E-state index contributed by atoms with van der Waals surface area (Å²) in [5, 5.41) is 12.5. The molecule has 2 nitrogen and oxygen atoms in total. The second-order valence-corrected chi connectivity index (χ2v) is 5.27. The van der Waals surface area contributed by atoms with Gasteiger partial charge in [-0.25, -0.2) is 4.39 Å². The quantitative estimate of drug-likeness (QED) is 0.720. The molecule has 0 aliphatic carbocycles. The predicted molar refractivity (Wildman–Crippen MR) is 77.7 cm³/mol. The molecule has 0 saturated carbocycles. The predicted octanol–water partition coefficient (Wildman–Crippen LogP) is 3.15. The normalized spacial score (nSPS) is 14.3. The van der Waals surface area contributed by atoms with Gasteiger partial charge in [-0.2, -0.15) is 0 Å². The molecular formula is C16H26FNO. The maximum Gasteiger partial charge on any atom is 0.126 e.